The van der Waals surface area contributed by atoms with Crippen molar-refractivity contribution in [1.82, 2.24) is 10.3 Å². The van der Waals surface area contributed by atoms with E-state index in [1.54, 1.807) is 18.2 Å². The number of aryl methyl sites for hydroxylation is 1. The van der Waals surface area contributed by atoms with E-state index in [-0.39, 0.29) is 18.3 Å². The lowest BCUT2D eigenvalue weighted by Crippen LogP contribution is -2.34. The summed E-state index contributed by atoms with van der Waals surface area (Å²) >= 11 is 4.56. The van der Waals surface area contributed by atoms with Crippen molar-refractivity contribution in [3.8, 4) is 6.07 Å². The van der Waals surface area contributed by atoms with Crippen LogP contribution in [0.15, 0.2) is 53.1 Å². The van der Waals surface area contributed by atoms with Gasteiger partial charge in [0.1, 0.15) is 10.5 Å². The van der Waals surface area contributed by atoms with Crippen molar-refractivity contribution in [2.45, 2.75) is 30.6 Å². The molecule has 1 amide bonds. The summed E-state index contributed by atoms with van der Waals surface area (Å²) in [5.74, 6) is -1.12. The molecule has 1 aromatic carbocycles. The predicted octanol–water partition coefficient (Wildman–Crippen LogP) is 3.25. The van der Waals surface area contributed by atoms with Gasteiger partial charge < -0.3 is 15.5 Å². The van der Waals surface area contributed by atoms with Gasteiger partial charge in [0.05, 0.1) is 29.7 Å². The van der Waals surface area contributed by atoms with Gasteiger partial charge in [0, 0.05) is 12.3 Å². The second kappa shape index (κ2) is 13.4. The highest BCUT2D eigenvalue weighted by Gasteiger charge is 2.31. The number of aliphatic hydroxyl groups is 2. The van der Waals surface area contributed by atoms with Crippen molar-refractivity contribution in [2.75, 3.05) is 18.9 Å². The molecule has 0 saturated heterocycles. The van der Waals surface area contributed by atoms with Gasteiger partial charge in [-0.3, -0.25) is 4.79 Å². The zero-order valence-corrected chi connectivity index (χ0v) is 19.0. The third-order valence-electron chi connectivity index (χ3n) is 4.47. The molecule has 1 aromatic heterocycles. The summed E-state index contributed by atoms with van der Waals surface area (Å²) < 4.78 is 0.603. The van der Waals surface area contributed by atoms with Gasteiger partial charge in [-0.25, -0.2) is 4.98 Å². The van der Waals surface area contributed by atoms with E-state index in [1.807, 2.05) is 18.2 Å². The number of nitrogens with zero attached hydrogens (tertiary/aromatic N) is 2. The van der Waals surface area contributed by atoms with Crippen LogP contribution in [0, 0.1) is 17.2 Å². The first-order valence-electron chi connectivity index (χ1n) is 9.79. The van der Waals surface area contributed by atoms with Crippen LogP contribution < -0.4 is 5.32 Å². The highest BCUT2D eigenvalue weighted by molar-refractivity contribution is 9.10. The smallest absolute Gasteiger partial charge is 0.238 e. The second-order valence-corrected chi connectivity index (χ2v) is 8.80. The van der Waals surface area contributed by atoms with Crippen LogP contribution in [0.5, 0.6) is 0 Å². The summed E-state index contributed by atoms with van der Waals surface area (Å²) in [4.78, 5) is 17.1. The Morgan fingerprint density at radius 3 is 2.63 bits per heavy atom. The fourth-order valence-corrected chi connectivity index (χ4v) is 4.46. The van der Waals surface area contributed by atoms with Gasteiger partial charge in [0.2, 0.25) is 5.91 Å². The SMILES string of the molecule is N#CC(C(=O)NCCCCc1ccccc1)C(SCC(O)CO)c1cccc(Br)n1. The Morgan fingerprint density at radius 1 is 1.20 bits per heavy atom. The number of aromatic nitrogens is 1. The molecule has 0 spiro atoms. The monoisotopic (exact) mass is 491 g/mol. The number of amides is 1. The van der Waals surface area contributed by atoms with Crippen LogP contribution in [0.2, 0.25) is 0 Å². The number of hydrogen-bond acceptors (Lipinski definition) is 6. The van der Waals surface area contributed by atoms with Crippen LogP contribution in [0.1, 0.15) is 29.3 Å². The van der Waals surface area contributed by atoms with Gasteiger partial charge in [-0.2, -0.15) is 5.26 Å². The fourth-order valence-electron chi connectivity index (χ4n) is 2.89. The molecule has 2 rings (SSSR count). The summed E-state index contributed by atoms with van der Waals surface area (Å²) in [6.45, 7) is 0.114. The zero-order chi connectivity index (χ0) is 21.8. The lowest BCUT2D eigenvalue weighted by molar-refractivity contribution is -0.123. The van der Waals surface area contributed by atoms with Gasteiger partial charge in [0.15, 0.2) is 0 Å². The Labute approximate surface area is 189 Å². The molecule has 0 radical (unpaired) electrons. The lowest BCUT2D eigenvalue weighted by atomic mass is 10.0. The van der Waals surface area contributed by atoms with Crippen molar-refractivity contribution in [3.63, 3.8) is 0 Å². The van der Waals surface area contributed by atoms with E-state index in [2.05, 4.69) is 44.4 Å². The van der Waals surface area contributed by atoms with Crippen molar-refractivity contribution >= 4 is 33.6 Å². The number of nitriles is 1. The minimum Gasteiger partial charge on any atom is -0.394 e. The summed E-state index contributed by atoms with van der Waals surface area (Å²) in [6, 6.07) is 17.6. The number of pyridine rings is 1. The number of thioether (sulfide) groups is 1. The average molecular weight is 492 g/mol. The maximum absolute atomic E-state index is 12.7. The first-order chi connectivity index (χ1) is 14.5. The molecule has 0 aliphatic heterocycles. The fraction of sp³-hybridized carbons (Fsp3) is 0.409. The van der Waals surface area contributed by atoms with Crippen LogP contribution >= 0.6 is 27.7 Å². The molecular formula is C22H26BrN3O3S. The molecule has 3 N–H and O–H groups in total. The molecule has 0 bridgehead atoms. The lowest BCUT2D eigenvalue weighted by Gasteiger charge is -2.22. The molecule has 0 aliphatic carbocycles. The van der Waals surface area contributed by atoms with Gasteiger partial charge >= 0.3 is 0 Å². The summed E-state index contributed by atoms with van der Waals surface area (Å²) in [5.41, 5.74) is 1.84. The Kier molecular flexibility index (Phi) is 10.9. The van der Waals surface area contributed by atoms with E-state index in [0.29, 0.717) is 16.8 Å². The maximum Gasteiger partial charge on any atom is 0.238 e. The molecule has 3 unspecified atom stereocenters. The molecular weight excluding hydrogens is 466 g/mol. The van der Waals surface area contributed by atoms with Crippen LogP contribution in [0.3, 0.4) is 0 Å². The number of carbonyl (C=O) groups excluding carboxylic acids is 1. The molecule has 1 heterocycles. The van der Waals surface area contributed by atoms with Crippen molar-refractivity contribution in [2.24, 2.45) is 5.92 Å². The minimum absolute atomic E-state index is 0.192. The van der Waals surface area contributed by atoms with Crippen LogP contribution in [-0.4, -0.2) is 46.1 Å². The van der Waals surface area contributed by atoms with Gasteiger partial charge in [-0.05, 0) is 52.9 Å². The number of unbranched alkanes of at least 4 members (excludes halogenated alkanes) is 1. The third-order valence-corrected chi connectivity index (χ3v) is 6.36. The van der Waals surface area contributed by atoms with Crippen molar-refractivity contribution in [3.05, 3.63) is 64.4 Å². The van der Waals surface area contributed by atoms with E-state index in [4.69, 9.17) is 5.11 Å². The molecule has 3 atom stereocenters. The third kappa shape index (κ3) is 8.07. The van der Waals surface area contributed by atoms with Crippen LogP contribution in [-0.2, 0) is 11.2 Å². The van der Waals surface area contributed by atoms with Crippen LogP contribution in [0.25, 0.3) is 0 Å². The van der Waals surface area contributed by atoms with E-state index >= 15 is 0 Å². The Bertz CT molecular complexity index is 832. The van der Waals surface area contributed by atoms with Crippen molar-refractivity contribution in [1.29, 1.82) is 5.26 Å². The number of nitrogens with one attached hydrogen (secondary N) is 1. The largest absolute Gasteiger partial charge is 0.394 e. The van der Waals surface area contributed by atoms with Crippen molar-refractivity contribution < 1.29 is 15.0 Å². The molecule has 0 saturated carbocycles. The van der Waals surface area contributed by atoms with E-state index in [1.165, 1.54) is 17.3 Å². The summed E-state index contributed by atoms with van der Waals surface area (Å²) in [5, 5.41) is 30.8. The van der Waals surface area contributed by atoms with E-state index in [0.717, 1.165) is 19.3 Å². The van der Waals surface area contributed by atoms with E-state index in [9.17, 15) is 15.2 Å². The summed E-state index contributed by atoms with van der Waals surface area (Å²) in [6.07, 6.45) is 1.77. The molecule has 30 heavy (non-hydrogen) atoms. The second-order valence-electron chi connectivity index (χ2n) is 6.82. The predicted molar refractivity (Wildman–Crippen MR) is 122 cm³/mol. The topological polar surface area (TPSA) is 106 Å². The number of rotatable bonds is 12. The molecule has 160 valence electrons. The average Bonchev–Trinajstić information content (AvgIpc) is 2.76. The minimum atomic E-state index is -0.961. The molecule has 2 aromatic rings. The normalized spacial score (nSPS) is 13.8. The van der Waals surface area contributed by atoms with Gasteiger partial charge in [-0.1, -0.05) is 36.4 Å². The number of hydrogen-bond donors (Lipinski definition) is 3. The zero-order valence-electron chi connectivity index (χ0n) is 16.6. The molecule has 8 heteroatoms. The highest BCUT2D eigenvalue weighted by Crippen LogP contribution is 2.36. The first-order valence-corrected chi connectivity index (χ1v) is 11.6. The quantitative estimate of drug-likeness (QED) is 0.310. The molecule has 0 aliphatic rings. The number of benzene rings is 1. The van der Waals surface area contributed by atoms with Crippen LogP contribution in [0.4, 0.5) is 0 Å². The highest BCUT2D eigenvalue weighted by atomic mass is 79.9. The Morgan fingerprint density at radius 2 is 1.97 bits per heavy atom. The number of aliphatic hydroxyl groups excluding tert-OH is 2. The van der Waals surface area contributed by atoms with E-state index < -0.39 is 17.3 Å². The number of carbonyl (C=O) groups is 1. The molecule has 6 nitrogen and oxygen atoms in total. The Hall–Kier alpha value is -1.92. The van der Waals surface area contributed by atoms with Gasteiger partial charge in [0.25, 0.3) is 0 Å². The summed E-state index contributed by atoms with van der Waals surface area (Å²) in [7, 11) is 0. The Balaban J connectivity index is 1.95. The first kappa shape index (κ1) is 24.4. The standard InChI is InChI=1S/C22H26BrN3O3S/c23-20-11-6-10-19(26-20)21(30-15-17(28)14-27)18(13-24)22(29)25-12-5-4-9-16-7-2-1-3-8-16/h1-3,6-8,10-11,17-18,21,27-28H,4-5,9,12,14-15H2,(H,25,29). The van der Waals surface area contributed by atoms with Gasteiger partial charge in [-0.15, -0.1) is 11.8 Å². The number of halogens is 1. The maximum atomic E-state index is 12.7. The molecule has 0 fully saturated rings.